The van der Waals surface area contributed by atoms with E-state index in [4.69, 9.17) is 16.2 Å². The van der Waals surface area contributed by atoms with Crippen LogP contribution in [-0.4, -0.2) is 69.3 Å². The fourth-order valence-corrected chi connectivity index (χ4v) is 4.48. The minimum atomic E-state index is -1.73. The molecule has 2 aliphatic heterocycles. The van der Waals surface area contributed by atoms with Crippen molar-refractivity contribution in [1.82, 2.24) is 9.80 Å². The zero-order valence-corrected chi connectivity index (χ0v) is 20.3. The molecule has 2 aromatic carbocycles. The third kappa shape index (κ3) is 5.01. The smallest absolute Gasteiger partial charge is 0.337 e. The number of nitrogens with zero attached hydrogens (tertiary/aromatic N) is 2. The molecule has 4 rings (SSSR count). The Morgan fingerprint density at radius 3 is 1.13 bits per heavy atom. The van der Waals surface area contributed by atoms with Gasteiger partial charge in [-0.05, 0) is 37.1 Å². The number of carbonyl (C=O) groups is 8. The number of rotatable bonds is 10. The normalized spacial score (nSPS) is 15.6. The van der Waals surface area contributed by atoms with Crippen LogP contribution in [0.1, 0.15) is 67.1 Å². The van der Waals surface area contributed by atoms with Crippen molar-refractivity contribution in [2.75, 3.05) is 0 Å². The van der Waals surface area contributed by atoms with Crippen molar-refractivity contribution >= 4 is 47.4 Å². The Bertz CT molecular complexity index is 1270. The number of ether oxygens (including phenoxy) is 1. The van der Waals surface area contributed by atoms with Crippen LogP contribution >= 0.6 is 0 Å². The second kappa shape index (κ2) is 10.7. The fourth-order valence-electron chi connectivity index (χ4n) is 4.48. The number of benzene rings is 2. The van der Waals surface area contributed by atoms with Gasteiger partial charge in [0.15, 0.2) is 0 Å². The van der Waals surface area contributed by atoms with Gasteiger partial charge in [-0.1, -0.05) is 24.3 Å². The van der Waals surface area contributed by atoms with Gasteiger partial charge >= 0.3 is 11.9 Å². The summed E-state index contributed by atoms with van der Waals surface area (Å²) in [7, 11) is 0. The van der Waals surface area contributed by atoms with Gasteiger partial charge in [0, 0.05) is 12.8 Å². The van der Waals surface area contributed by atoms with Crippen LogP contribution < -0.4 is 11.5 Å². The molecule has 0 spiro atoms. The van der Waals surface area contributed by atoms with E-state index in [0.29, 0.717) is 9.80 Å². The van der Waals surface area contributed by atoms with Gasteiger partial charge in [-0.15, -0.1) is 0 Å². The molecule has 2 atom stereocenters. The van der Waals surface area contributed by atoms with Gasteiger partial charge in [0.25, 0.3) is 23.6 Å². The Morgan fingerprint density at radius 2 is 0.872 bits per heavy atom. The SMILES string of the molecule is NC(=O)CC[C@@H](C(=O)OC(=O)[C@H](CCC(N)=O)N1C(=O)c2ccccc2C1=O)N1C(=O)c2ccccc2C1=O. The fraction of sp³-hybridized carbons (Fsp3) is 0.231. The molecule has 39 heavy (non-hydrogen) atoms. The number of esters is 2. The van der Waals surface area contributed by atoms with E-state index < -0.39 is 85.1 Å². The summed E-state index contributed by atoms with van der Waals surface area (Å²) in [5.41, 5.74) is 10.4. The van der Waals surface area contributed by atoms with Crippen molar-refractivity contribution in [2.24, 2.45) is 11.5 Å². The van der Waals surface area contributed by atoms with Crippen LogP contribution in [-0.2, 0) is 23.9 Å². The number of primary amides is 2. The van der Waals surface area contributed by atoms with Crippen LogP contribution in [0.2, 0.25) is 0 Å². The highest BCUT2D eigenvalue weighted by Crippen LogP contribution is 2.29. The Labute approximate surface area is 220 Å². The molecule has 2 aromatic rings. The lowest BCUT2D eigenvalue weighted by molar-refractivity contribution is -0.165. The predicted molar refractivity (Wildman–Crippen MR) is 129 cm³/mol. The topological polar surface area (TPSA) is 204 Å². The monoisotopic (exact) mass is 534 g/mol. The molecule has 0 radical (unpaired) electrons. The zero-order valence-electron chi connectivity index (χ0n) is 20.3. The van der Waals surface area contributed by atoms with Crippen molar-refractivity contribution in [1.29, 1.82) is 0 Å². The van der Waals surface area contributed by atoms with Crippen molar-refractivity contribution in [3.63, 3.8) is 0 Å². The highest BCUT2D eigenvalue weighted by molar-refractivity contribution is 6.24. The molecule has 4 N–H and O–H groups in total. The van der Waals surface area contributed by atoms with E-state index in [1.54, 1.807) is 0 Å². The quantitative estimate of drug-likeness (QED) is 0.237. The highest BCUT2D eigenvalue weighted by atomic mass is 16.6. The van der Waals surface area contributed by atoms with Crippen LogP contribution in [0.5, 0.6) is 0 Å². The summed E-state index contributed by atoms with van der Waals surface area (Å²) in [6, 6.07) is 8.09. The molecule has 0 fully saturated rings. The summed E-state index contributed by atoms with van der Waals surface area (Å²) in [5, 5.41) is 0. The first-order valence-corrected chi connectivity index (χ1v) is 11.8. The van der Waals surface area contributed by atoms with Gasteiger partial charge in [-0.25, -0.2) is 9.59 Å². The van der Waals surface area contributed by atoms with Crippen LogP contribution in [0.4, 0.5) is 0 Å². The van der Waals surface area contributed by atoms with E-state index >= 15 is 0 Å². The molecule has 0 bridgehead atoms. The van der Waals surface area contributed by atoms with Gasteiger partial charge in [0.2, 0.25) is 11.8 Å². The van der Waals surface area contributed by atoms with Crippen LogP contribution in [0.3, 0.4) is 0 Å². The highest BCUT2D eigenvalue weighted by Gasteiger charge is 2.47. The molecule has 0 saturated carbocycles. The van der Waals surface area contributed by atoms with E-state index in [1.165, 1.54) is 48.5 Å². The van der Waals surface area contributed by atoms with Crippen molar-refractivity contribution in [3.05, 3.63) is 70.8 Å². The third-order valence-corrected chi connectivity index (χ3v) is 6.35. The second-order valence-corrected chi connectivity index (χ2v) is 8.83. The molecule has 2 aliphatic rings. The summed E-state index contributed by atoms with van der Waals surface area (Å²) in [6.07, 6.45) is -1.78. The molecule has 200 valence electrons. The van der Waals surface area contributed by atoms with Crippen LogP contribution in [0.25, 0.3) is 0 Å². The molecular formula is C26H22N4O9. The largest absolute Gasteiger partial charge is 0.390 e. The summed E-state index contributed by atoms with van der Waals surface area (Å²) in [6.45, 7) is 0. The standard InChI is InChI=1S/C26H22N4O9/c27-19(31)11-9-17(29-21(33)13-5-1-2-6-14(13)22(29)34)25(37)39-26(38)18(10-12-20(28)32)30-23(35)15-7-3-4-8-16(15)24(30)36/h1-8,17-18H,9-12H2,(H2,27,31)(H2,28,32)/t17-,18-/m0/s1. The van der Waals surface area contributed by atoms with Crippen molar-refractivity contribution < 1.29 is 43.1 Å². The van der Waals surface area contributed by atoms with Crippen LogP contribution in [0.15, 0.2) is 48.5 Å². The number of fused-ring (bicyclic) bond motifs is 2. The Morgan fingerprint density at radius 1 is 0.590 bits per heavy atom. The van der Waals surface area contributed by atoms with Gasteiger partial charge in [-0.3, -0.25) is 38.6 Å². The summed E-state index contributed by atoms with van der Waals surface area (Å²) in [4.78, 5) is 102. The number of imide groups is 2. The first kappa shape index (κ1) is 26.9. The lowest BCUT2D eigenvalue weighted by Gasteiger charge is -2.27. The number of hydrogen-bond acceptors (Lipinski definition) is 9. The first-order chi connectivity index (χ1) is 18.5. The maximum atomic E-state index is 13.2. The minimum Gasteiger partial charge on any atom is -0.390 e. The molecule has 13 heteroatoms. The molecule has 2 heterocycles. The summed E-state index contributed by atoms with van der Waals surface area (Å²) < 4.78 is 4.98. The molecule has 0 unspecified atom stereocenters. The molecule has 6 amide bonds. The van der Waals surface area contributed by atoms with Crippen molar-refractivity contribution in [3.8, 4) is 0 Å². The third-order valence-electron chi connectivity index (χ3n) is 6.35. The zero-order chi connectivity index (χ0) is 28.4. The van der Waals surface area contributed by atoms with E-state index in [2.05, 4.69) is 0 Å². The van der Waals surface area contributed by atoms with E-state index in [-0.39, 0.29) is 22.3 Å². The van der Waals surface area contributed by atoms with Gasteiger partial charge in [-0.2, -0.15) is 0 Å². The number of carbonyl (C=O) groups excluding carboxylic acids is 8. The van der Waals surface area contributed by atoms with Crippen LogP contribution in [0, 0.1) is 0 Å². The maximum absolute atomic E-state index is 13.2. The summed E-state index contributed by atoms with van der Waals surface area (Å²) >= 11 is 0. The Hall–Kier alpha value is -5.20. The Kier molecular flexibility index (Phi) is 7.33. The summed E-state index contributed by atoms with van der Waals surface area (Å²) in [5.74, 6) is -7.87. The van der Waals surface area contributed by atoms with E-state index in [1.807, 2.05) is 0 Å². The maximum Gasteiger partial charge on any atom is 0.337 e. The molecule has 0 saturated heterocycles. The van der Waals surface area contributed by atoms with E-state index in [9.17, 15) is 38.4 Å². The molecule has 0 aliphatic carbocycles. The number of hydrogen-bond donors (Lipinski definition) is 2. The van der Waals surface area contributed by atoms with Gasteiger partial charge in [0.05, 0.1) is 22.3 Å². The average molecular weight is 534 g/mol. The molecular weight excluding hydrogens is 512 g/mol. The molecule has 0 aromatic heterocycles. The lowest BCUT2D eigenvalue weighted by Crippen LogP contribution is -2.50. The lowest BCUT2D eigenvalue weighted by atomic mass is 10.1. The van der Waals surface area contributed by atoms with Gasteiger partial charge in [0.1, 0.15) is 12.1 Å². The minimum absolute atomic E-state index is 0.0102. The van der Waals surface area contributed by atoms with Gasteiger partial charge < -0.3 is 16.2 Å². The average Bonchev–Trinajstić information content (AvgIpc) is 3.30. The Balaban J connectivity index is 1.62. The first-order valence-electron chi connectivity index (χ1n) is 11.8. The second-order valence-electron chi connectivity index (χ2n) is 8.83. The van der Waals surface area contributed by atoms with Crippen molar-refractivity contribution in [2.45, 2.75) is 37.8 Å². The van der Waals surface area contributed by atoms with E-state index in [0.717, 1.165) is 0 Å². The molecule has 13 nitrogen and oxygen atoms in total. The number of nitrogens with two attached hydrogens (primary N) is 2. The predicted octanol–water partition coefficient (Wildman–Crippen LogP) is -0.0832. The number of amides is 6.